The minimum absolute atomic E-state index is 0.0390. The molecule has 36 heavy (non-hydrogen) atoms. The molecule has 3 heterocycles. The molecular formula is C26H30ClFN4O4. The quantitative estimate of drug-likeness (QED) is 0.443. The van der Waals surface area contributed by atoms with Crippen LogP contribution >= 0.6 is 11.6 Å². The number of piperazine rings is 1. The van der Waals surface area contributed by atoms with Gasteiger partial charge in [0, 0.05) is 32.7 Å². The number of phenols is 1. The number of phenolic OH excluding ortho intramolecular Hbond substituents is 1. The van der Waals surface area contributed by atoms with E-state index in [2.05, 4.69) is 16.5 Å². The molecule has 2 saturated heterocycles. The molecule has 1 aromatic carbocycles. The van der Waals surface area contributed by atoms with Crippen LogP contribution in [-0.2, 0) is 14.3 Å². The zero-order valence-corrected chi connectivity index (χ0v) is 21.0. The SMILES string of the molecule is C=CC(=O)N1CCN(C)C(COC2C=C(Cl)C(c3c(O)cccc3F)=NC(N3CCCC3)=C2C=O)C1. The van der Waals surface area contributed by atoms with Gasteiger partial charge in [0.05, 0.1) is 34.5 Å². The van der Waals surface area contributed by atoms with Gasteiger partial charge in [-0.15, -0.1) is 0 Å². The smallest absolute Gasteiger partial charge is 0.246 e. The van der Waals surface area contributed by atoms with E-state index in [1.165, 1.54) is 30.4 Å². The number of hydrogen-bond acceptors (Lipinski definition) is 7. The van der Waals surface area contributed by atoms with Crippen LogP contribution in [0.3, 0.4) is 0 Å². The number of hydrogen-bond donors (Lipinski definition) is 1. The van der Waals surface area contributed by atoms with E-state index in [4.69, 9.17) is 16.3 Å². The van der Waals surface area contributed by atoms with Crippen LogP contribution in [0.4, 0.5) is 4.39 Å². The molecule has 192 valence electrons. The van der Waals surface area contributed by atoms with Gasteiger partial charge >= 0.3 is 0 Å². The largest absolute Gasteiger partial charge is 0.507 e. The molecule has 2 fully saturated rings. The number of likely N-dealkylation sites (tertiary alicyclic amines) is 1. The molecule has 3 aliphatic rings. The van der Waals surface area contributed by atoms with Gasteiger partial charge in [-0.05, 0) is 44.2 Å². The van der Waals surface area contributed by atoms with Crippen molar-refractivity contribution in [1.82, 2.24) is 14.7 Å². The number of aromatic hydroxyl groups is 1. The first-order chi connectivity index (χ1) is 17.3. The van der Waals surface area contributed by atoms with E-state index >= 15 is 0 Å². The molecule has 0 radical (unpaired) electrons. The molecule has 3 aliphatic heterocycles. The lowest BCUT2D eigenvalue weighted by atomic mass is 10.1. The number of carbonyl (C=O) groups excluding carboxylic acids is 2. The lowest BCUT2D eigenvalue weighted by Gasteiger charge is -2.39. The average Bonchev–Trinajstić information content (AvgIpc) is 3.36. The number of aldehydes is 1. The number of rotatable bonds is 7. The maximum Gasteiger partial charge on any atom is 0.246 e. The Kier molecular flexibility index (Phi) is 8.23. The maximum atomic E-state index is 14.8. The van der Waals surface area contributed by atoms with Crippen LogP contribution in [0.25, 0.3) is 0 Å². The number of benzene rings is 1. The van der Waals surface area contributed by atoms with Gasteiger partial charge in [-0.3, -0.25) is 14.5 Å². The van der Waals surface area contributed by atoms with Crippen LogP contribution in [0.2, 0.25) is 0 Å². The molecule has 1 aromatic rings. The van der Waals surface area contributed by atoms with Crippen LogP contribution < -0.4 is 0 Å². The second-order valence-electron chi connectivity index (χ2n) is 9.08. The summed E-state index contributed by atoms with van der Waals surface area (Å²) in [5.74, 6) is -0.761. The Morgan fingerprint density at radius 3 is 2.72 bits per heavy atom. The van der Waals surface area contributed by atoms with Crippen LogP contribution in [0.1, 0.15) is 18.4 Å². The zero-order chi connectivity index (χ0) is 25.8. The van der Waals surface area contributed by atoms with Crippen LogP contribution in [0, 0.1) is 5.82 Å². The van der Waals surface area contributed by atoms with E-state index < -0.39 is 11.9 Å². The normalized spacial score (nSPS) is 23.3. The molecule has 0 aromatic heterocycles. The number of halogens is 2. The summed E-state index contributed by atoms with van der Waals surface area (Å²) in [7, 11) is 1.95. The number of aliphatic imine (C=N–C) groups is 1. The van der Waals surface area contributed by atoms with Crippen molar-refractivity contribution in [3.63, 3.8) is 0 Å². The highest BCUT2D eigenvalue weighted by molar-refractivity contribution is 6.47. The van der Waals surface area contributed by atoms with Crippen molar-refractivity contribution in [2.45, 2.75) is 25.0 Å². The van der Waals surface area contributed by atoms with E-state index in [-0.39, 0.29) is 46.2 Å². The first-order valence-corrected chi connectivity index (χ1v) is 12.3. The molecule has 8 nitrogen and oxygen atoms in total. The van der Waals surface area contributed by atoms with Crippen molar-refractivity contribution in [3.8, 4) is 5.75 Å². The third kappa shape index (κ3) is 5.38. The monoisotopic (exact) mass is 516 g/mol. The minimum Gasteiger partial charge on any atom is -0.507 e. The number of nitrogens with zero attached hydrogens (tertiary/aromatic N) is 4. The summed E-state index contributed by atoms with van der Waals surface area (Å²) in [6, 6.07) is 3.86. The Bertz CT molecular complexity index is 1110. The van der Waals surface area contributed by atoms with Crippen molar-refractivity contribution < 1.29 is 23.8 Å². The highest BCUT2D eigenvalue weighted by atomic mass is 35.5. The summed E-state index contributed by atoms with van der Waals surface area (Å²) < 4.78 is 21.0. The first-order valence-electron chi connectivity index (χ1n) is 12.0. The van der Waals surface area contributed by atoms with Crippen molar-refractivity contribution in [1.29, 1.82) is 0 Å². The highest BCUT2D eigenvalue weighted by Crippen LogP contribution is 2.32. The maximum absolute atomic E-state index is 14.8. The fourth-order valence-corrected chi connectivity index (χ4v) is 4.94. The summed E-state index contributed by atoms with van der Waals surface area (Å²) in [5, 5.41) is 10.5. The number of ether oxygens (including phenoxy) is 1. The van der Waals surface area contributed by atoms with Crippen LogP contribution in [0.5, 0.6) is 5.75 Å². The van der Waals surface area contributed by atoms with E-state index in [0.717, 1.165) is 12.8 Å². The molecule has 2 atom stereocenters. The Balaban J connectivity index is 1.68. The highest BCUT2D eigenvalue weighted by Gasteiger charge is 2.32. The van der Waals surface area contributed by atoms with E-state index in [1.807, 2.05) is 11.9 Å². The number of allylic oxidation sites excluding steroid dienone is 1. The molecular weight excluding hydrogens is 487 g/mol. The third-order valence-electron chi connectivity index (χ3n) is 6.80. The Morgan fingerprint density at radius 2 is 2.06 bits per heavy atom. The topological polar surface area (TPSA) is 85.7 Å². The molecule has 1 N–H and O–H groups in total. The van der Waals surface area contributed by atoms with Crippen molar-refractivity contribution in [3.05, 3.63) is 64.7 Å². The van der Waals surface area contributed by atoms with E-state index in [9.17, 15) is 19.1 Å². The molecule has 0 saturated carbocycles. The molecule has 10 heteroatoms. The zero-order valence-electron chi connectivity index (χ0n) is 20.2. The predicted octanol–water partition coefficient (Wildman–Crippen LogP) is 2.68. The van der Waals surface area contributed by atoms with Gasteiger partial charge < -0.3 is 19.6 Å². The third-order valence-corrected chi connectivity index (χ3v) is 7.10. The fourth-order valence-electron chi connectivity index (χ4n) is 4.69. The van der Waals surface area contributed by atoms with Gasteiger partial charge in [-0.1, -0.05) is 24.2 Å². The summed E-state index contributed by atoms with van der Waals surface area (Å²) in [6.07, 6.45) is 4.53. The molecule has 2 unspecified atom stereocenters. The Morgan fingerprint density at radius 1 is 1.31 bits per heavy atom. The predicted molar refractivity (Wildman–Crippen MR) is 135 cm³/mol. The summed E-state index contributed by atoms with van der Waals surface area (Å²) >= 11 is 6.63. The van der Waals surface area contributed by atoms with Gasteiger partial charge in [0.1, 0.15) is 23.5 Å². The van der Waals surface area contributed by atoms with Crippen molar-refractivity contribution >= 4 is 29.5 Å². The molecule has 4 rings (SSSR count). The van der Waals surface area contributed by atoms with Gasteiger partial charge in [0.15, 0.2) is 6.29 Å². The lowest BCUT2D eigenvalue weighted by molar-refractivity contribution is -0.129. The minimum atomic E-state index is -0.848. The van der Waals surface area contributed by atoms with Crippen molar-refractivity contribution in [2.75, 3.05) is 46.4 Å². The van der Waals surface area contributed by atoms with E-state index in [1.54, 1.807) is 4.90 Å². The fraction of sp³-hybridized carbons (Fsp3) is 0.423. The second kappa shape index (κ2) is 11.4. The van der Waals surface area contributed by atoms with Gasteiger partial charge in [-0.2, -0.15) is 0 Å². The van der Waals surface area contributed by atoms with E-state index in [0.29, 0.717) is 44.8 Å². The van der Waals surface area contributed by atoms with Crippen molar-refractivity contribution in [2.24, 2.45) is 4.99 Å². The van der Waals surface area contributed by atoms with Gasteiger partial charge in [0.2, 0.25) is 5.91 Å². The standard InChI is InChI=1S/C26H30ClFN4O4/c1-3-23(35)32-12-11-30(2)17(14-32)16-36-22-13-19(27)25(24-20(28)7-6-8-21(24)34)29-26(18(22)15-33)31-9-4-5-10-31/h3,6-8,13,15,17,22,34H,1,4-5,9-12,14,16H2,2H3. The lowest BCUT2D eigenvalue weighted by Crippen LogP contribution is -2.54. The number of carbonyl (C=O) groups is 2. The summed E-state index contributed by atoms with van der Waals surface area (Å²) in [6.45, 7) is 6.86. The summed E-state index contributed by atoms with van der Waals surface area (Å²) in [5.41, 5.74) is 0.183. The molecule has 0 spiro atoms. The molecule has 1 amide bonds. The Hall–Kier alpha value is -3.01. The molecule has 0 aliphatic carbocycles. The summed E-state index contributed by atoms with van der Waals surface area (Å²) in [4.78, 5) is 34.9. The van der Waals surface area contributed by atoms with Crippen LogP contribution in [0.15, 0.2) is 58.3 Å². The number of amides is 1. The average molecular weight is 517 g/mol. The number of likely N-dealkylation sites (N-methyl/N-ethyl adjacent to an activating group) is 1. The second-order valence-corrected chi connectivity index (χ2v) is 9.48. The first kappa shape index (κ1) is 26.1. The van der Waals surface area contributed by atoms with Gasteiger partial charge in [0.25, 0.3) is 0 Å². The Labute approximate surface area is 215 Å². The van der Waals surface area contributed by atoms with Crippen LogP contribution in [-0.4, -0.2) is 96.2 Å². The van der Waals surface area contributed by atoms with Gasteiger partial charge in [-0.25, -0.2) is 9.38 Å². The molecule has 0 bridgehead atoms.